The number of carbonyl (C=O) groups is 3. The largest absolute Gasteiger partial charge is 0.476 e. The van der Waals surface area contributed by atoms with Crippen LogP contribution in [-0.4, -0.2) is 49.4 Å². The fourth-order valence-electron chi connectivity index (χ4n) is 3.52. The van der Waals surface area contributed by atoms with Gasteiger partial charge >= 0.3 is 0 Å². The van der Waals surface area contributed by atoms with Gasteiger partial charge in [-0.25, -0.2) is 0 Å². The molecule has 0 bridgehead atoms. The number of rotatable bonds is 2. The molecule has 4 rings (SSSR count). The van der Waals surface area contributed by atoms with Crippen LogP contribution in [0, 0.1) is 0 Å². The van der Waals surface area contributed by atoms with Crippen LogP contribution in [0.3, 0.4) is 0 Å². The predicted molar refractivity (Wildman–Crippen MR) is 105 cm³/mol. The van der Waals surface area contributed by atoms with Gasteiger partial charge in [-0.2, -0.15) is 0 Å². The van der Waals surface area contributed by atoms with Gasteiger partial charge in [-0.15, -0.1) is 0 Å². The lowest BCUT2D eigenvalue weighted by molar-refractivity contribution is -0.135. The SMILES string of the molecule is CN(C)C(=O)[C@H]1CN(C(=O)c2ccc3c(c2)CCC(=O)N3)c2ccccc2O1. The first kappa shape index (κ1) is 18.0. The second kappa shape index (κ2) is 6.99. The zero-order valence-corrected chi connectivity index (χ0v) is 15.8. The summed E-state index contributed by atoms with van der Waals surface area (Å²) in [4.78, 5) is 40.4. The molecular weight excluding hydrogens is 358 g/mol. The van der Waals surface area contributed by atoms with Crippen LogP contribution in [0.5, 0.6) is 5.75 Å². The Morgan fingerprint density at radius 3 is 2.71 bits per heavy atom. The quantitative estimate of drug-likeness (QED) is 0.866. The van der Waals surface area contributed by atoms with Gasteiger partial charge in [0.25, 0.3) is 11.8 Å². The van der Waals surface area contributed by atoms with Crippen molar-refractivity contribution in [2.45, 2.75) is 18.9 Å². The van der Waals surface area contributed by atoms with Crippen molar-refractivity contribution in [1.82, 2.24) is 4.90 Å². The molecule has 1 atom stereocenters. The molecule has 2 aromatic rings. The van der Waals surface area contributed by atoms with Crippen molar-refractivity contribution in [1.29, 1.82) is 0 Å². The lowest BCUT2D eigenvalue weighted by Gasteiger charge is -2.35. The van der Waals surface area contributed by atoms with E-state index in [1.54, 1.807) is 37.2 Å². The number of anilines is 2. The molecule has 0 radical (unpaired) electrons. The summed E-state index contributed by atoms with van der Waals surface area (Å²) in [6.45, 7) is 0.140. The fraction of sp³-hybridized carbons (Fsp3) is 0.286. The van der Waals surface area contributed by atoms with Gasteiger partial charge in [0.2, 0.25) is 5.91 Å². The third-order valence-corrected chi connectivity index (χ3v) is 4.98. The predicted octanol–water partition coefficient (Wildman–Crippen LogP) is 2.07. The fourth-order valence-corrected chi connectivity index (χ4v) is 3.52. The normalized spacial score (nSPS) is 17.7. The van der Waals surface area contributed by atoms with Crippen molar-refractivity contribution in [3.05, 3.63) is 53.6 Å². The maximum absolute atomic E-state index is 13.3. The van der Waals surface area contributed by atoms with E-state index in [0.717, 1.165) is 11.3 Å². The van der Waals surface area contributed by atoms with Crippen LogP contribution in [0.1, 0.15) is 22.3 Å². The Balaban J connectivity index is 1.68. The number of aryl methyl sites for hydroxylation is 1. The van der Waals surface area contributed by atoms with E-state index in [1.165, 1.54) is 4.90 Å². The summed E-state index contributed by atoms with van der Waals surface area (Å²) < 4.78 is 5.84. The second-order valence-electron chi connectivity index (χ2n) is 7.14. The molecule has 0 fully saturated rings. The first-order valence-electron chi connectivity index (χ1n) is 9.15. The third-order valence-electron chi connectivity index (χ3n) is 4.98. The highest BCUT2D eigenvalue weighted by Crippen LogP contribution is 2.35. The van der Waals surface area contributed by atoms with E-state index >= 15 is 0 Å². The summed E-state index contributed by atoms with van der Waals surface area (Å²) in [5, 5.41) is 2.82. The molecule has 1 N–H and O–H groups in total. The monoisotopic (exact) mass is 379 g/mol. The number of ether oxygens (including phenoxy) is 1. The number of fused-ring (bicyclic) bond motifs is 2. The van der Waals surface area contributed by atoms with Gasteiger partial charge in [0.15, 0.2) is 6.10 Å². The highest BCUT2D eigenvalue weighted by atomic mass is 16.5. The summed E-state index contributed by atoms with van der Waals surface area (Å²) in [6, 6.07) is 12.5. The molecule has 144 valence electrons. The zero-order chi connectivity index (χ0) is 19.8. The highest BCUT2D eigenvalue weighted by Gasteiger charge is 2.35. The van der Waals surface area contributed by atoms with Crippen molar-refractivity contribution >= 4 is 29.1 Å². The molecule has 0 saturated heterocycles. The molecule has 2 aliphatic rings. The van der Waals surface area contributed by atoms with Crippen LogP contribution in [0.4, 0.5) is 11.4 Å². The average Bonchev–Trinajstić information content (AvgIpc) is 2.71. The molecule has 7 nitrogen and oxygen atoms in total. The molecule has 0 unspecified atom stereocenters. The maximum atomic E-state index is 13.3. The van der Waals surface area contributed by atoms with Gasteiger partial charge in [0.05, 0.1) is 12.2 Å². The Kier molecular flexibility index (Phi) is 4.50. The summed E-state index contributed by atoms with van der Waals surface area (Å²) >= 11 is 0. The molecule has 3 amide bonds. The van der Waals surface area contributed by atoms with Gasteiger partial charge in [0.1, 0.15) is 5.75 Å². The van der Waals surface area contributed by atoms with Crippen LogP contribution < -0.4 is 15.0 Å². The Labute approximate surface area is 162 Å². The topological polar surface area (TPSA) is 79.0 Å². The summed E-state index contributed by atoms with van der Waals surface area (Å²) in [6.07, 6.45) is 0.250. The van der Waals surface area contributed by atoms with E-state index < -0.39 is 6.10 Å². The minimum Gasteiger partial charge on any atom is -0.476 e. The van der Waals surface area contributed by atoms with Crippen molar-refractivity contribution < 1.29 is 19.1 Å². The van der Waals surface area contributed by atoms with E-state index in [2.05, 4.69) is 5.32 Å². The van der Waals surface area contributed by atoms with Gasteiger partial charge in [-0.1, -0.05) is 12.1 Å². The van der Waals surface area contributed by atoms with E-state index in [-0.39, 0.29) is 24.3 Å². The summed E-state index contributed by atoms with van der Waals surface area (Å²) in [7, 11) is 3.33. The molecule has 2 aliphatic heterocycles. The lowest BCUT2D eigenvalue weighted by Crippen LogP contribution is -2.50. The molecular formula is C21H21N3O4. The highest BCUT2D eigenvalue weighted by molar-refractivity contribution is 6.08. The number of carbonyl (C=O) groups excluding carboxylic acids is 3. The van der Waals surface area contributed by atoms with E-state index in [9.17, 15) is 14.4 Å². The Hall–Kier alpha value is -3.35. The minimum absolute atomic E-state index is 0.0151. The first-order valence-corrected chi connectivity index (χ1v) is 9.15. The number of nitrogens with one attached hydrogen (secondary N) is 1. The second-order valence-corrected chi connectivity index (χ2v) is 7.14. The van der Waals surface area contributed by atoms with Gasteiger partial charge in [-0.3, -0.25) is 14.4 Å². The van der Waals surface area contributed by atoms with Crippen molar-refractivity contribution in [3.63, 3.8) is 0 Å². The molecule has 2 aromatic carbocycles. The average molecular weight is 379 g/mol. The molecule has 2 heterocycles. The van der Waals surface area contributed by atoms with Crippen molar-refractivity contribution in [2.75, 3.05) is 30.9 Å². The molecule has 0 spiro atoms. The van der Waals surface area contributed by atoms with Gasteiger partial charge < -0.3 is 19.9 Å². The number of hydrogen-bond donors (Lipinski definition) is 1. The molecule has 0 saturated carbocycles. The smallest absolute Gasteiger partial charge is 0.265 e. The maximum Gasteiger partial charge on any atom is 0.265 e. The molecule has 0 aromatic heterocycles. The molecule has 7 heteroatoms. The van der Waals surface area contributed by atoms with Crippen LogP contribution in [0.15, 0.2) is 42.5 Å². The van der Waals surface area contributed by atoms with Crippen LogP contribution in [0.25, 0.3) is 0 Å². The molecule has 0 aliphatic carbocycles. The Morgan fingerprint density at radius 1 is 1.14 bits per heavy atom. The number of amides is 3. The lowest BCUT2D eigenvalue weighted by atomic mass is 9.99. The van der Waals surface area contributed by atoms with Crippen LogP contribution >= 0.6 is 0 Å². The number of benzene rings is 2. The van der Waals surface area contributed by atoms with Crippen LogP contribution in [-0.2, 0) is 16.0 Å². The molecule has 28 heavy (non-hydrogen) atoms. The van der Waals surface area contributed by atoms with Gasteiger partial charge in [0, 0.05) is 31.8 Å². The Bertz CT molecular complexity index is 970. The van der Waals surface area contributed by atoms with Gasteiger partial charge in [-0.05, 0) is 42.3 Å². The number of likely N-dealkylation sites (N-methyl/N-ethyl adjacent to an activating group) is 1. The van der Waals surface area contributed by atoms with Crippen molar-refractivity contribution in [3.8, 4) is 5.75 Å². The summed E-state index contributed by atoms with van der Waals surface area (Å²) in [5.41, 5.74) is 2.84. The summed E-state index contributed by atoms with van der Waals surface area (Å²) in [5.74, 6) is 0.0960. The standard InChI is InChI=1S/C21H21N3O4/c1-23(2)21(27)18-12-24(16-5-3-4-6-17(16)28-18)20(26)14-7-9-15-13(11-14)8-10-19(25)22-15/h3-7,9,11,18H,8,10,12H2,1-2H3,(H,22,25)/t18-/m1/s1. The minimum atomic E-state index is -0.759. The number of hydrogen-bond acceptors (Lipinski definition) is 4. The Morgan fingerprint density at radius 2 is 1.93 bits per heavy atom. The van der Waals surface area contributed by atoms with Crippen molar-refractivity contribution in [2.24, 2.45) is 0 Å². The first-order chi connectivity index (χ1) is 13.4. The number of nitrogens with zero attached hydrogens (tertiary/aromatic N) is 2. The van der Waals surface area contributed by atoms with Crippen LogP contribution in [0.2, 0.25) is 0 Å². The van der Waals surface area contributed by atoms with E-state index in [4.69, 9.17) is 4.74 Å². The third kappa shape index (κ3) is 3.19. The zero-order valence-electron chi connectivity index (χ0n) is 15.8. The number of para-hydroxylation sites is 2. The van der Waals surface area contributed by atoms with E-state index in [0.29, 0.717) is 29.8 Å². The van der Waals surface area contributed by atoms with E-state index in [1.807, 2.05) is 24.3 Å².